The Bertz CT molecular complexity index is 1840. The molecule has 0 fully saturated rings. The summed E-state index contributed by atoms with van der Waals surface area (Å²) in [5, 5.41) is 13.0. The number of carboxylic acid groups (broad SMARTS) is 1. The summed E-state index contributed by atoms with van der Waals surface area (Å²) in [6.45, 7) is 3.01. The maximum absolute atomic E-state index is 12.0. The van der Waals surface area contributed by atoms with E-state index < -0.39 is 6.16 Å². The molecule has 4 aromatic carbocycles. The molecule has 2 heterocycles. The molecule has 0 aliphatic rings. The monoisotopic (exact) mass is 542 g/mol. The highest BCUT2D eigenvalue weighted by Gasteiger charge is 2.24. The number of pyridine rings is 1. The first-order valence-electron chi connectivity index (χ1n) is 13.7. The second kappa shape index (κ2) is 11.6. The molecule has 0 aliphatic carbocycles. The van der Waals surface area contributed by atoms with Gasteiger partial charge in [0.15, 0.2) is 0 Å². The third kappa shape index (κ3) is 5.37. The predicted octanol–water partition coefficient (Wildman–Crippen LogP) is 8.28. The van der Waals surface area contributed by atoms with Crippen LogP contribution in [0.5, 0.6) is 11.6 Å². The van der Waals surface area contributed by atoms with Gasteiger partial charge in [-0.3, -0.25) is 4.98 Å². The summed E-state index contributed by atoms with van der Waals surface area (Å²) in [5.74, 6) is 1.18. The van der Waals surface area contributed by atoms with Crippen LogP contribution in [0.2, 0.25) is 0 Å². The van der Waals surface area contributed by atoms with Gasteiger partial charge in [0.1, 0.15) is 5.75 Å². The lowest BCUT2D eigenvalue weighted by Crippen LogP contribution is -2.11. The minimum atomic E-state index is -1.34. The Balaban J connectivity index is 1.41. The number of fused-ring (bicyclic) bond motifs is 2. The lowest BCUT2D eigenvalue weighted by Gasteiger charge is -2.14. The molecule has 6 nitrogen and oxygen atoms in total. The lowest BCUT2D eigenvalue weighted by molar-refractivity contribution is 0.140. The SMILES string of the molecule is Cc1ccccc1-c1cccc2c(CCCOc3cccc4ccccc34)c(OC(=O)O)n(Cc3ccncc3)c12. The van der Waals surface area contributed by atoms with Crippen LogP contribution in [0, 0.1) is 6.92 Å². The predicted molar refractivity (Wildman–Crippen MR) is 162 cm³/mol. The van der Waals surface area contributed by atoms with Crippen LogP contribution in [0.15, 0.2) is 109 Å². The summed E-state index contributed by atoms with van der Waals surface area (Å²) in [7, 11) is 0. The lowest BCUT2D eigenvalue weighted by atomic mass is 9.97. The van der Waals surface area contributed by atoms with E-state index in [-0.39, 0.29) is 0 Å². The van der Waals surface area contributed by atoms with Gasteiger partial charge in [0, 0.05) is 34.3 Å². The highest BCUT2D eigenvalue weighted by molar-refractivity contribution is 5.99. The molecule has 0 spiro atoms. The van der Waals surface area contributed by atoms with Gasteiger partial charge >= 0.3 is 6.16 Å². The van der Waals surface area contributed by atoms with E-state index in [9.17, 15) is 9.90 Å². The number of hydrogen-bond acceptors (Lipinski definition) is 4. The number of nitrogens with zero attached hydrogens (tertiary/aromatic N) is 2. The van der Waals surface area contributed by atoms with Crippen LogP contribution in [0.1, 0.15) is 23.1 Å². The topological polar surface area (TPSA) is 73.6 Å². The zero-order valence-electron chi connectivity index (χ0n) is 22.8. The van der Waals surface area contributed by atoms with Crippen molar-refractivity contribution in [2.24, 2.45) is 0 Å². The summed E-state index contributed by atoms with van der Waals surface area (Å²) >= 11 is 0. The number of carbonyl (C=O) groups is 1. The van der Waals surface area contributed by atoms with Gasteiger partial charge < -0.3 is 19.1 Å². The van der Waals surface area contributed by atoms with E-state index in [1.807, 2.05) is 59.2 Å². The van der Waals surface area contributed by atoms with Crippen molar-refractivity contribution in [2.75, 3.05) is 6.61 Å². The van der Waals surface area contributed by atoms with E-state index in [4.69, 9.17) is 9.47 Å². The van der Waals surface area contributed by atoms with Gasteiger partial charge in [0.2, 0.25) is 5.88 Å². The first-order chi connectivity index (χ1) is 20.1. The second-order valence-electron chi connectivity index (χ2n) is 10.0. The molecule has 204 valence electrons. The Morgan fingerprint density at radius 3 is 2.37 bits per heavy atom. The summed E-state index contributed by atoms with van der Waals surface area (Å²) in [5.41, 5.74) is 6.07. The van der Waals surface area contributed by atoms with Crippen molar-refractivity contribution in [3.05, 3.63) is 126 Å². The van der Waals surface area contributed by atoms with E-state index in [1.165, 1.54) is 0 Å². The fourth-order valence-electron chi connectivity index (χ4n) is 5.57. The van der Waals surface area contributed by atoms with Crippen LogP contribution in [0.3, 0.4) is 0 Å². The van der Waals surface area contributed by atoms with E-state index in [1.54, 1.807) is 12.4 Å². The molecule has 0 saturated carbocycles. The zero-order valence-corrected chi connectivity index (χ0v) is 22.8. The Morgan fingerprint density at radius 1 is 0.829 bits per heavy atom. The maximum Gasteiger partial charge on any atom is 0.512 e. The van der Waals surface area contributed by atoms with Crippen LogP contribution in [0.25, 0.3) is 32.8 Å². The molecule has 2 aromatic heterocycles. The molecule has 6 aromatic rings. The van der Waals surface area contributed by atoms with Gasteiger partial charge in [-0.15, -0.1) is 0 Å². The number of ether oxygens (including phenoxy) is 2. The molecule has 1 N–H and O–H groups in total. The van der Waals surface area contributed by atoms with Gasteiger partial charge in [-0.25, -0.2) is 4.79 Å². The Kier molecular flexibility index (Phi) is 7.37. The summed E-state index contributed by atoms with van der Waals surface area (Å²) < 4.78 is 13.8. The number of rotatable bonds is 9. The summed E-state index contributed by atoms with van der Waals surface area (Å²) in [4.78, 5) is 16.1. The largest absolute Gasteiger partial charge is 0.512 e. The van der Waals surface area contributed by atoms with Crippen molar-refractivity contribution in [1.82, 2.24) is 9.55 Å². The highest BCUT2D eigenvalue weighted by atomic mass is 16.7. The zero-order chi connectivity index (χ0) is 28.2. The van der Waals surface area contributed by atoms with E-state index in [0.717, 1.165) is 55.2 Å². The average molecular weight is 543 g/mol. The second-order valence-corrected chi connectivity index (χ2v) is 10.0. The maximum atomic E-state index is 12.0. The number of aromatic nitrogens is 2. The molecule has 0 saturated heterocycles. The number of para-hydroxylation sites is 1. The third-order valence-corrected chi connectivity index (χ3v) is 7.42. The van der Waals surface area contributed by atoms with E-state index >= 15 is 0 Å². The Morgan fingerprint density at radius 2 is 1.54 bits per heavy atom. The highest BCUT2D eigenvalue weighted by Crippen LogP contribution is 2.40. The molecule has 41 heavy (non-hydrogen) atoms. The quantitative estimate of drug-likeness (QED) is 0.147. The molecule has 0 aliphatic heterocycles. The van der Waals surface area contributed by atoms with Crippen molar-refractivity contribution in [3.63, 3.8) is 0 Å². The summed E-state index contributed by atoms with van der Waals surface area (Å²) in [6, 6.07) is 32.5. The average Bonchev–Trinajstić information content (AvgIpc) is 3.27. The van der Waals surface area contributed by atoms with Crippen molar-refractivity contribution < 1.29 is 19.4 Å². The summed E-state index contributed by atoms with van der Waals surface area (Å²) in [6.07, 6.45) is 3.42. The minimum Gasteiger partial charge on any atom is -0.493 e. The molecular weight excluding hydrogens is 512 g/mol. The van der Waals surface area contributed by atoms with Gasteiger partial charge in [-0.2, -0.15) is 0 Å². The number of aryl methyl sites for hydroxylation is 2. The van der Waals surface area contributed by atoms with Crippen LogP contribution >= 0.6 is 0 Å². The first-order valence-corrected chi connectivity index (χ1v) is 13.7. The normalized spacial score (nSPS) is 11.1. The molecule has 0 amide bonds. The molecule has 0 unspecified atom stereocenters. The van der Waals surface area contributed by atoms with Crippen molar-refractivity contribution in [1.29, 1.82) is 0 Å². The minimum absolute atomic E-state index is 0.343. The number of hydrogen-bond donors (Lipinski definition) is 1. The van der Waals surface area contributed by atoms with E-state index in [0.29, 0.717) is 31.9 Å². The molecular formula is C35H30N2O4. The fraction of sp³-hybridized carbons (Fsp3) is 0.143. The molecule has 0 bridgehead atoms. The smallest absolute Gasteiger partial charge is 0.493 e. The molecule has 6 heteroatoms. The van der Waals surface area contributed by atoms with E-state index in [2.05, 4.69) is 54.4 Å². The third-order valence-electron chi connectivity index (χ3n) is 7.42. The van der Waals surface area contributed by atoms with Crippen LogP contribution in [-0.2, 0) is 13.0 Å². The van der Waals surface area contributed by atoms with Crippen LogP contribution < -0.4 is 9.47 Å². The Labute approximate surface area is 238 Å². The fourth-order valence-corrected chi connectivity index (χ4v) is 5.57. The standard InChI is InChI=1S/C35H30N2O4/c1-24-9-2-4-12-27(24)29-14-7-15-30-31(16-8-22-40-32-17-6-11-26-10-3-5-13-28(26)32)34(41-35(38)39)37(33(29)30)23-25-18-20-36-21-19-25/h2-7,9-15,17-21H,8,16,22-23H2,1H3,(H,38,39). The van der Waals surface area contributed by atoms with Gasteiger partial charge in [0.05, 0.1) is 18.7 Å². The van der Waals surface area contributed by atoms with Crippen LogP contribution in [0.4, 0.5) is 4.79 Å². The molecule has 6 rings (SSSR count). The molecule has 0 atom stereocenters. The Hall–Kier alpha value is -5.10. The van der Waals surface area contributed by atoms with Gasteiger partial charge in [-0.1, -0.05) is 78.9 Å². The molecule has 0 radical (unpaired) electrons. The van der Waals surface area contributed by atoms with Crippen molar-refractivity contribution in [2.45, 2.75) is 26.3 Å². The van der Waals surface area contributed by atoms with Gasteiger partial charge in [-0.05, 0) is 60.0 Å². The first kappa shape index (κ1) is 26.1. The van der Waals surface area contributed by atoms with Crippen molar-refractivity contribution in [3.8, 4) is 22.8 Å². The van der Waals surface area contributed by atoms with Crippen molar-refractivity contribution >= 4 is 27.8 Å². The van der Waals surface area contributed by atoms with Crippen LogP contribution in [-0.4, -0.2) is 27.4 Å². The number of benzene rings is 4. The van der Waals surface area contributed by atoms with Gasteiger partial charge in [0.25, 0.3) is 0 Å².